The van der Waals surface area contributed by atoms with Gasteiger partial charge < -0.3 is 10.1 Å². The fourth-order valence-electron chi connectivity index (χ4n) is 3.46. The summed E-state index contributed by atoms with van der Waals surface area (Å²) in [6.07, 6.45) is 3.84. The third-order valence-electron chi connectivity index (χ3n) is 4.01. The minimum atomic E-state index is -0.250. The van der Waals surface area contributed by atoms with Crippen LogP contribution < -0.4 is 0 Å². The summed E-state index contributed by atoms with van der Waals surface area (Å²) in [5, 5.41) is 7.81. The van der Waals surface area contributed by atoms with Gasteiger partial charge in [-0.05, 0) is 31.6 Å². The lowest BCUT2D eigenvalue weighted by Gasteiger charge is -2.29. The fraction of sp³-hybridized carbons (Fsp3) is 0.800. The number of cyclic esters (lactones) is 1. The second kappa shape index (κ2) is 2.14. The van der Waals surface area contributed by atoms with E-state index in [1.165, 1.54) is 0 Å². The monoisotopic (exact) mass is 179 g/mol. The van der Waals surface area contributed by atoms with Crippen LogP contribution in [-0.4, -0.2) is 18.3 Å². The maximum absolute atomic E-state index is 11.6. The van der Waals surface area contributed by atoms with E-state index in [1.54, 1.807) is 0 Å². The third-order valence-corrected chi connectivity index (χ3v) is 4.01. The number of hydrogen-bond acceptors (Lipinski definition) is 3. The smallest absolute Gasteiger partial charge is 0.312 e. The quantitative estimate of drug-likeness (QED) is 0.571. The largest absolute Gasteiger partial charge is 0.465 e. The van der Waals surface area contributed by atoms with Gasteiger partial charge >= 0.3 is 5.97 Å². The minimum Gasteiger partial charge on any atom is -0.465 e. The Kier molecular flexibility index (Phi) is 1.24. The molecule has 3 rings (SSSR count). The van der Waals surface area contributed by atoms with E-state index in [0.717, 1.165) is 31.4 Å². The van der Waals surface area contributed by atoms with Crippen molar-refractivity contribution in [1.82, 2.24) is 0 Å². The molecule has 0 aromatic heterocycles. The molecular formula is C10H13NO2. The van der Waals surface area contributed by atoms with Gasteiger partial charge in [-0.25, -0.2) is 0 Å². The van der Waals surface area contributed by atoms with Crippen molar-refractivity contribution in [2.75, 3.05) is 6.61 Å². The molecule has 0 aromatic rings. The molecule has 2 bridgehead atoms. The molecule has 1 heterocycles. The van der Waals surface area contributed by atoms with Gasteiger partial charge in [0.15, 0.2) is 0 Å². The van der Waals surface area contributed by atoms with Crippen LogP contribution in [0, 0.1) is 22.7 Å². The lowest BCUT2D eigenvalue weighted by atomic mass is 9.71. The molecule has 3 atom stereocenters. The Labute approximate surface area is 77.0 Å². The summed E-state index contributed by atoms with van der Waals surface area (Å²) < 4.78 is 5.06. The molecule has 2 aliphatic carbocycles. The van der Waals surface area contributed by atoms with Gasteiger partial charge in [0.05, 0.1) is 12.0 Å². The molecule has 0 radical (unpaired) electrons. The highest BCUT2D eigenvalue weighted by Crippen LogP contribution is 2.58. The summed E-state index contributed by atoms with van der Waals surface area (Å²) in [7, 11) is 0. The highest BCUT2D eigenvalue weighted by molar-refractivity contribution is 5.95. The van der Waals surface area contributed by atoms with Gasteiger partial charge in [0.25, 0.3) is 0 Å². The third kappa shape index (κ3) is 0.754. The van der Waals surface area contributed by atoms with Crippen molar-refractivity contribution in [1.29, 1.82) is 5.41 Å². The lowest BCUT2D eigenvalue weighted by molar-refractivity contribution is -0.147. The summed E-state index contributed by atoms with van der Waals surface area (Å²) in [5.41, 5.74) is 0.551. The number of carbonyl (C=O) groups is 1. The van der Waals surface area contributed by atoms with Crippen molar-refractivity contribution < 1.29 is 9.53 Å². The average molecular weight is 179 g/mol. The lowest BCUT2D eigenvalue weighted by Crippen LogP contribution is -2.36. The van der Waals surface area contributed by atoms with Gasteiger partial charge in [0, 0.05) is 11.6 Å². The van der Waals surface area contributed by atoms with E-state index in [4.69, 9.17) is 10.1 Å². The fourth-order valence-corrected chi connectivity index (χ4v) is 3.46. The number of rotatable bonds is 0. The van der Waals surface area contributed by atoms with Crippen molar-refractivity contribution in [2.45, 2.75) is 25.7 Å². The van der Waals surface area contributed by atoms with E-state index >= 15 is 0 Å². The van der Waals surface area contributed by atoms with Crippen LogP contribution in [-0.2, 0) is 9.53 Å². The normalized spacial score (nSPS) is 47.7. The Hall–Kier alpha value is -0.860. The first-order chi connectivity index (χ1) is 6.22. The SMILES string of the molecule is N=C1CC2CC1C1(CCOC1=O)C2. The van der Waals surface area contributed by atoms with Crippen LogP contribution in [0.5, 0.6) is 0 Å². The highest BCUT2D eigenvalue weighted by Gasteiger charge is 2.60. The van der Waals surface area contributed by atoms with Crippen LogP contribution in [0.25, 0.3) is 0 Å². The molecule has 1 N–H and O–H groups in total. The Morgan fingerprint density at radius 1 is 1.54 bits per heavy atom. The number of hydrogen-bond donors (Lipinski definition) is 1. The van der Waals surface area contributed by atoms with Crippen LogP contribution >= 0.6 is 0 Å². The Morgan fingerprint density at radius 3 is 2.92 bits per heavy atom. The second-order valence-corrected chi connectivity index (χ2v) is 4.63. The van der Waals surface area contributed by atoms with Gasteiger partial charge in [0.1, 0.15) is 0 Å². The molecule has 0 aromatic carbocycles. The van der Waals surface area contributed by atoms with Gasteiger partial charge in [-0.15, -0.1) is 0 Å². The topological polar surface area (TPSA) is 50.1 Å². The Bertz CT molecular complexity index is 299. The van der Waals surface area contributed by atoms with Crippen molar-refractivity contribution in [3.63, 3.8) is 0 Å². The van der Waals surface area contributed by atoms with Crippen LogP contribution in [0.3, 0.4) is 0 Å². The van der Waals surface area contributed by atoms with Crippen molar-refractivity contribution in [3.8, 4) is 0 Å². The first kappa shape index (κ1) is 7.54. The molecule has 3 fully saturated rings. The van der Waals surface area contributed by atoms with Crippen LogP contribution in [0.1, 0.15) is 25.7 Å². The summed E-state index contributed by atoms with van der Waals surface area (Å²) >= 11 is 0. The van der Waals surface area contributed by atoms with Crippen molar-refractivity contribution >= 4 is 11.7 Å². The molecule has 0 amide bonds. The molecule has 13 heavy (non-hydrogen) atoms. The number of carbonyl (C=O) groups excluding carboxylic acids is 1. The number of esters is 1. The van der Waals surface area contributed by atoms with Crippen LogP contribution in [0.15, 0.2) is 0 Å². The average Bonchev–Trinajstić information content (AvgIpc) is 2.69. The van der Waals surface area contributed by atoms with E-state index < -0.39 is 0 Å². The molecule has 3 aliphatic rings. The van der Waals surface area contributed by atoms with Gasteiger partial charge in [-0.1, -0.05) is 0 Å². The van der Waals surface area contributed by atoms with E-state index in [-0.39, 0.29) is 17.3 Å². The Morgan fingerprint density at radius 2 is 2.38 bits per heavy atom. The van der Waals surface area contributed by atoms with E-state index in [9.17, 15) is 4.79 Å². The van der Waals surface area contributed by atoms with Gasteiger partial charge in [-0.3, -0.25) is 4.79 Å². The summed E-state index contributed by atoms with van der Waals surface area (Å²) in [6, 6.07) is 0. The molecular weight excluding hydrogens is 166 g/mol. The van der Waals surface area contributed by atoms with Gasteiger partial charge in [-0.2, -0.15) is 0 Å². The molecule has 70 valence electrons. The number of nitrogens with one attached hydrogen (secondary N) is 1. The summed E-state index contributed by atoms with van der Waals surface area (Å²) in [4.78, 5) is 11.6. The maximum atomic E-state index is 11.6. The first-order valence-electron chi connectivity index (χ1n) is 4.97. The number of ether oxygens (including phenoxy) is 1. The Balaban J connectivity index is 2.01. The van der Waals surface area contributed by atoms with Crippen LogP contribution in [0.2, 0.25) is 0 Å². The van der Waals surface area contributed by atoms with Crippen LogP contribution in [0.4, 0.5) is 0 Å². The summed E-state index contributed by atoms with van der Waals surface area (Å²) in [6.45, 7) is 0.579. The predicted octanol–water partition coefficient (Wildman–Crippen LogP) is 1.37. The molecule has 1 spiro atoms. The van der Waals surface area contributed by atoms with E-state index in [0.29, 0.717) is 12.5 Å². The molecule has 3 heteroatoms. The van der Waals surface area contributed by atoms with E-state index in [2.05, 4.69) is 0 Å². The molecule has 1 aliphatic heterocycles. The zero-order valence-corrected chi connectivity index (χ0v) is 7.51. The summed E-state index contributed by atoms with van der Waals surface area (Å²) in [5.74, 6) is 0.806. The standard InChI is InChI=1S/C10H13NO2/c11-8-4-6-3-7(8)10(5-6)1-2-13-9(10)12/h6-7,11H,1-5H2. The minimum absolute atomic E-state index is 0.0237. The van der Waals surface area contributed by atoms with E-state index in [1.807, 2.05) is 0 Å². The van der Waals surface area contributed by atoms with Crippen molar-refractivity contribution in [3.05, 3.63) is 0 Å². The maximum Gasteiger partial charge on any atom is 0.312 e. The molecule has 3 nitrogen and oxygen atoms in total. The predicted molar refractivity (Wildman–Crippen MR) is 46.6 cm³/mol. The zero-order valence-electron chi connectivity index (χ0n) is 7.51. The molecule has 3 unspecified atom stereocenters. The molecule has 1 saturated heterocycles. The second-order valence-electron chi connectivity index (χ2n) is 4.63. The first-order valence-corrected chi connectivity index (χ1v) is 4.97. The highest BCUT2D eigenvalue weighted by atomic mass is 16.5. The number of fused-ring (bicyclic) bond motifs is 3. The van der Waals surface area contributed by atoms with Gasteiger partial charge in [0.2, 0.25) is 0 Å². The van der Waals surface area contributed by atoms with Crippen molar-refractivity contribution in [2.24, 2.45) is 17.3 Å². The molecule has 2 saturated carbocycles. The zero-order chi connectivity index (χ0) is 9.05.